The first kappa shape index (κ1) is 27.9. The van der Waals surface area contributed by atoms with Crippen LogP contribution in [0.25, 0.3) is 22.6 Å². The summed E-state index contributed by atoms with van der Waals surface area (Å²) in [5.74, 6) is -1.52. The monoisotopic (exact) mass is 589 g/mol. The van der Waals surface area contributed by atoms with Crippen LogP contribution in [-0.4, -0.2) is 38.7 Å². The van der Waals surface area contributed by atoms with Crippen LogP contribution in [0.1, 0.15) is 22.8 Å². The molecule has 1 aromatic heterocycles. The first-order valence-corrected chi connectivity index (χ1v) is 12.4. The zero-order valence-electron chi connectivity index (χ0n) is 20.1. The number of hydrogen-bond donors (Lipinski definition) is 1. The molecule has 3 aromatic carbocycles. The van der Waals surface area contributed by atoms with Gasteiger partial charge in [-0.05, 0) is 48.9 Å². The molecule has 0 unspecified atom stereocenters. The van der Waals surface area contributed by atoms with Gasteiger partial charge in [-0.25, -0.2) is 0 Å². The van der Waals surface area contributed by atoms with Crippen LogP contribution in [0.15, 0.2) is 65.2 Å². The molecule has 4 rings (SSSR count). The second-order valence-corrected chi connectivity index (χ2v) is 9.34. The normalized spacial score (nSPS) is 10.8. The first-order chi connectivity index (χ1) is 18.6. The smallest absolute Gasteiger partial charge is 0.307 e. The minimum Gasteiger partial charge on any atom is -0.481 e. The molecule has 0 spiro atoms. The summed E-state index contributed by atoms with van der Waals surface area (Å²) < 4.78 is 5.57. The van der Waals surface area contributed by atoms with E-state index in [4.69, 9.17) is 49.3 Å². The van der Waals surface area contributed by atoms with Crippen LogP contribution in [0.3, 0.4) is 0 Å². The summed E-state index contributed by atoms with van der Waals surface area (Å²) in [5.41, 5.74) is 0.945. The van der Waals surface area contributed by atoms with E-state index in [-0.39, 0.29) is 51.5 Å². The Bertz CT molecular complexity index is 1570. The van der Waals surface area contributed by atoms with Gasteiger partial charge < -0.3 is 14.5 Å². The fourth-order valence-electron chi connectivity index (χ4n) is 3.68. The molecule has 13 heteroatoms. The molecule has 0 aliphatic carbocycles. The van der Waals surface area contributed by atoms with Crippen LogP contribution in [-0.2, 0) is 11.2 Å². The van der Waals surface area contributed by atoms with Crippen molar-refractivity contribution in [2.45, 2.75) is 13.3 Å². The largest absolute Gasteiger partial charge is 0.481 e. The van der Waals surface area contributed by atoms with E-state index in [1.54, 1.807) is 19.1 Å². The number of aliphatic carboxylic acids is 1. The third kappa shape index (κ3) is 6.14. The molecule has 39 heavy (non-hydrogen) atoms. The maximum Gasteiger partial charge on any atom is 0.307 e. The molecule has 200 valence electrons. The lowest BCUT2D eigenvalue weighted by atomic mass is 10.00. The van der Waals surface area contributed by atoms with Crippen molar-refractivity contribution in [3.8, 4) is 28.3 Å². The molecular formula is C26H18Cl3N3O7. The number of carboxylic acids is 1. The minimum absolute atomic E-state index is 0.0137. The number of hydrogen-bond acceptors (Lipinski definition) is 7. The van der Waals surface area contributed by atoms with Crippen molar-refractivity contribution in [1.29, 1.82) is 0 Å². The second kappa shape index (κ2) is 11.7. The van der Waals surface area contributed by atoms with E-state index in [0.29, 0.717) is 21.7 Å². The number of nitro groups is 1. The van der Waals surface area contributed by atoms with E-state index in [0.717, 1.165) is 5.06 Å². The molecule has 0 atom stereocenters. The van der Waals surface area contributed by atoms with Gasteiger partial charge in [0.2, 0.25) is 0 Å². The number of amides is 1. The van der Waals surface area contributed by atoms with Gasteiger partial charge in [-0.3, -0.25) is 19.7 Å². The number of nitrogens with zero attached hydrogens (tertiary/aromatic N) is 3. The molecule has 0 fully saturated rings. The van der Waals surface area contributed by atoms with E-state index >= 15 is 0 Å². The van der Waals surface area contributed by atoms with E-state index in [1.807, 2.05) is 0 Å². The third-order valence-electron chi connectivity index (χ3n) is 5.51. The van der Waals surface area contributed by atoms with Gasteiger partial charge in [-0.15, -0.1) is 0 Å². The highest BCUT2D eigenvalue weighted by Crippen LogP contribution is 2.38. The van der Waals surface area contributed by atoms with Gasteiger partial charge in [0.25, 0.3) is 11.6 Å². The molecule has 4 aromatic rings. The number of non-ortho nitro benzene ring substituents is 1. The molecule has 0 saturated carbocycles. The number of carboxylic acid groups (broad SMARTS) is 1. The van der Waals surface area contributed by atoms with Crippen LogP contribution in [0.4, 0.5) is 5.69 Å². The maximum absolute atomic E-state index is 13.9. The highest BCUT2D eigenvalue weighted by Gasteiger charge is 2.31. The van der Waals surface area contributed by atoms with Gasteiger partial charge in [0.1, 0.15) is 11.3 Å². The Kier molecular flexibility index (Phi) is 8.39. The average molecular weight is 591 g/mol. The summed E-state index contributed by atoms with van der Waals surface area (Å²) in [4.78, 5) is 41.4. The molecular weight excluding hydrogens is 573 g/mol. The summed E-state index contributed by atoms with van der Waals surface area (Å²) in [6, 6.07) is 14.4. The topological polar surface area (TPSA) is 136 Å². The minimum atomic E-state index is -1.03. The number of nitro benzene ring substituents is 1. The summed E-state index contributed by atoms with van der Waals surface area (Å²) in [5, 5.41) is 26.0. The fourth-order valence-corrected chi connectivity index (χ4v) is 4.42. The number of halogens is 3. The molecule has 1 N–H and O–H groups in total. The van der Waals surface area contributed by atoms with Crippen molar-refractivity contribution in [3.05, 3.63) is 97.0 Å². The van der Waals surface area contributed by atoms with Crippen molar-refractivity contribution >= 4 is 52.4 Å². The lowest BCUT2D eigenvalue weighted by Gasteiger charge is -2.22. The molecule has 0 aliphatic heterocycles. The number of rotatable bonds is 9. The predicted octanol–water partition coefficient (Wildman–Crippen LogP) is 6.96. The highest BCUT2D eigenvalue weighted by molar-refractivity contribution is 6.35. The second-order valence-electron chi connectivity index (χ2n) is 8.09. The highest BCUT2D eigenvalue weighted by atomic mass is 35.5. The summed E-state index contributed by atoms with van der Waals surface area (Å²) in [6.07, 6.45) is -0.252. The number of hydroxylamine groups is 2. The van der Waals surface area contributed by atoms with Crippen molar-refractivity contribution in [3.63, 3.8) is 0 Å². The zero-order valence-corrected chi connectivity index (χ0v) is 22.3. The molecule has 0 aliphatic rings. The van der Waals surface area contributed by atoms with Gasteiger partial charge in [0, 0.05) is 28.3 Å². The van der Waals surface area contributed by atoms with Crippen molar-refractivity contribution in [1.82, 2.24) is 10.2 Å². The Morgan fingerprint density at radius 3 is 2.36 bits per heavy atom. The SMILES string of the molecule is CCN(Oc1ccc(Cl)cc1Cl)C(=O)c1c(-c2ccc(CC(=O)O)cc2Cl)noc1-c1ccc([N+](=O)[O-])cc1. The van der Waals surface area contributed by atoms with E-state index < -0.39 is 16.8 Å². The lowest BCUT2D eigenvalue weighted by Crippen LogP contribution is -2.34. The summed E-state index contributed by atoms with van der Waals surface area (Å²) in [7, 11) is 0. The molecule has 1 heterocycles. The van der Waals surface area contributed by atoms with Gasteiger partial charge in [-0.1, -0.05) is 52.1 Å². The van der Waals surface area contributed by atoms with Gasteiger partial charge in [0.15, 0.2) is 11.5 Å². The number of benzene rings is 3. The van der Waals surface area contributed by atoms with Gasteiger partial charge in [0.05, 0.1) is 27.9 Å². The number of carbonyl (C=O) groups excluding carboxylic acids is 1. The Morgan fingerprint density at radius 1 is 1.05 bits per heavy atom. The van der Waals surface area contributed by atoms with E-state index in [2.05, 4.69) is 5.16 Å². The van der Waals surface area contributed by atoms with Gasteiger partial charge in [-0.2, -0.15) is 5.06 Å². The van der Waals surface area contributed by atoms with Crippen LogP contribution in [0.2, 0.25) is 15.1 Å². The molecule has 0 saturated heterocycles. The van der Waals surface area contributed by atoms with E-state index in [9.17, 15) is 19.7 Å². The fraction of sp³-hybridized carbons (Fsp3) is 0.115. The van der Waals surface area contributed by atoms with Crippen LogP contribution in [0, 0.1) is 10.1 Å². The molecule has 0 bridgehead atoms. The van der Waals surface area contributed by atoms with Crippen LogP contribution < -0.4 is 4.84 Å². The van der Waals surface area contributed by atoms with Crippen LogP contribution in [0.5, 0.6) is 5.75 Å². The standard InChI is InChI=1S/C26H18Cl3N3O7/c1-2-31(39-21-10-6-16(27)13-20(21)29)26(35)23-24(18-9-3-14(11-19(18)28)12-22(33)34)30-38-25(23)15-4-7-17(8-5-15)32(36)37/h3-11,13H,2,12H2,1H3,(H,33,34). The maximum atomic E-state index is 13.9. The predicted molar refractivity (Wildman–Crippen MR) is 144 cm³/mol. The van der Waals surface area contributed by atoms with Crippen molar-refractivity contribution < 1.29 is 29.0 Å². The summed E-state index contributed by atoms with van der Waals surface area (Å²) in [6.45, 7) is 1.75. The third-order valence-corrected chi connectivity index (χ3v) is 6.35. The molecule has 1 amide bonds. The van der Waals surface area contributed by atoms with Crippen molar-refractivity contribution in [2.24, 2.45) is 0 Å². The number of aromatic nitrogens is 1. The molecule has 10 nitrogen and oxygen atoms in total. The first-order valence-electron chi connectivity index (χ1n) is 11.3. The lowest BCUT2D eigenvalue weighted by molar-refractivity contribution is -0.384. The van der Waals surface area contributed by atoms with E-state index in [1.165, 1.54) is 48.5 Å². The molecule has 0 radical (unpaired) electrons. The summed E-state index contributed by atoms with van der Waals surface area (Å²) >= 11 is 18.7. The Balaban J connectivity index is 1.83. The van der Waals surface area contributed by atoms with Crippen LogP contribution >= 0.6 is 34.8 Å². The number of carbonyl (C=O) groups is 2. The van der Waals surface area contributed by atoms with Crippen molar-refractivity contribution in [2.75, 3.05) is 6.54 Å². The zero-order chi connectivity index (χ0) is 28.3. The van der Waals surface area contributed by atoms with Gasteiger partial charge >= 0.3 is 5.97 Å². The quantitative estimate of drug-likeness (QED) is 0.163. The Hall–Kier alpha value is -4.12. The average Bonchev–Trinajstić information content (AvgIpc) is 3.32. The Labute approximate surface area is 236 Å². The Morgan fingerprint density at radius 2 is 1.77 bits per heavy atom.